The van der Waals surface area contributed by atoms with E-state index in [2.05, 4.69) is 0 Å². The fourth-order valence-corrected chi connectivity index (χ4v) is 2.41. The first-order valence-electron chi connectivity index (χ1n) is 8.78. The number of carbonyl (C=O) groups excluding carboxylic acids is 4. The number of hydrogen-bond acceptors (Lipinski definition) is 6. The number of amides is 4. The number of nitrogens with zero attached hydrogens (tertiary/aromatic N) is 2. The first-order valence-corrected chi connectivity index (χ1v) is 8.78. The molecular formula is C16H32N6O4. The quantitative estimate of drug-likeness (QED) is 0.212. The van der Waals surface area contributed by atoms with Gasteiger partial charge in [-0.2, -0.15) is 0 Å². The molecule has 0 aliphatic heterocycles. The average molecular weight is 372 g/mol. The van der Waals surface area contributed by atoms with E-state index < -0.39 is 23.6 Å². The minimum atomic E-state index is -0.391. The maximum Gasteiger partial charge on any atom is 0.218 e. The third-order valence-corrected chi connectivity index (χ3v) is 3.90. The summed E-state index contributed by atoms with van der Waals surface area (Å²) in [6, 6.07) is 0. The van der Waals surface area contributed by atoms with Gasteiger partial charge in [-0.25, -0.2) is 0 Å². The van der Waals surface area contributed by atoms with Crippen LogP contribution in [0.1, 0.15) is 38.5 Å². The van der Waals surface area contributed by atoms with Gasteiger partial charge in [-0.3, -0.25) is 19.2 Å². The number of rotatable bonds is 17. The van der Waals surface area contributed by atoms with E-state index >= 15 is 0 Å². The van der Waals surface area contributed by atoms with Gasteiger partial charge < -0.3 is 32.7 Å². The van der Waals surface area contributed by atoms with Crippen LogP contribution in [0.15, 0.2) is 0 Å². The molecule has 0 aliphatic rings. The van der Waals surface area contributed by atoms with Crippen molar-refractivity contribution in [2.75, 3.05) is 39.3 Å². The molecular weight excluding hydrogens is 340 g/mol. The molecule has 0 spiro atoms. The molecule has 26 heavy (non-hydrogen) atoms. The number of nitrogens with two attached hydrogens (primary N) is 4. The van der Waals surface area contributed by atoms with E-state index in [4.69, 9.17) is 22.9 Å². The van der Waals surface area contributed by atoms with Crippen LogP contribution in [0.25, 0.3) is 0 Å². The fourth-order valence-electron chi connectivity index (χ4n) is 2.41. The van der Waals surface area contributed by atoms with Gasteiger partial charge in [0.25, 0.3) is 0 Å². The molecule has 0 aromatic carbocycles. The van der Waals surface area contributed by atoms with Crippen molar-refractivity contribution in [3.63, 3.8) is 0 Å². The van der Waals surface area contributed by atoms with E-state index in [0.717, 1.165) is 12.8 Å². The van der Waals surface area contributed by atoms with Gasteiger partial charge in [0.15, 0.2) is 0 Å². The Balaban J connectivity index is 4.29. The minimum Gasteiger partial charge on any atom is -0.370 e. The molecule has 0 heterocycles. The zero-order valence-corrected chi connectivity index (χ0v) is 15.3. The van der Waals surface area contributed by atoms with Crippen LogP contribution in [0.4, 0.5) is 0 Å². The predicted molar refractivity (Wildman–Crippen MR) is 97.4 cm³/mol. The standard InChI is InChI=1S/C16H32N6O4/c17-13(23)3-9-21(10-4-14(18)24)7-1-2-8-22(11-5-15(19)25)12-6-16(20)26/h1-12H2,(H2,17,23)(H2,18,24)(H2,19,25)(H2,20,26). The lowest BCUT2D eigenvalue weighted by Gasteiger charge is -2.23. The van der Waals surface area contributed by atoms with Crippen LogP contribution in [-0.4, -0.2) is 72.7 Å². The predicted octanol–water partition coefficient (Wildman–Crippen LogP) is -2.13. The summed E-state index contributed by atoms with van der Waals surface area (Å²) in [4.78, 5) is 47.7. The van der Waals surface area contributed by atoms with Crippen molar-refractivity contribution in [3.8, 4) is 0 Å². The summed E-state index contributed by atoms with van der Waals surface area (Å²) in [5.74, 6) is -1.56. The van der Waals surface area contributed by atoms with Crippen LogP contribution in [0, 0.1) is 0 Å². The second-order valence-electron chi connectivity index (χ2n) is 6.26. The smallest absolute Gasteiger partial charge is 0.218 e. The Hall–Kier alpha value is -2.20. The molecule has 0 aromatic heterocycles. The Labute approximate surface area is 154 Å². The van der Waals surface area contributed by atoms with Crippen molar-refractivity contribution in [1.29, 1.82) is 0 Å². The Morgan fingerprint density at radius 3 is 0.885 bits per heavy atom. The van der Waals surface area contributed by atoms with E-state index in [-0.39, 0.29) is 25.7 Å². The zero-order valence-electron chi connectivity index (χ0n) is 15.3. The molecule has 0 saturated heterocycles. The van der Waals surface area contributed by atoms with Crippen LogP contribution in [-0.2, 0) is 19.2 Å². The number of unbranched alkanes of at least 4 members (excludes halogenated alkanes) is 1. The Kier molecular flexibility index (Phi) is 12.8. The van der Waals surface area contributed by atoms with Crippen molar-refractivity contribution < 1.29 is 19.2 Å². The maximum absolute atomic E-state index is 10.9. The largest absolute Gasteiger partial charge is 0.370 e. The number of carbonyl (C=O) groups is 4. The van der Waals surface area contributed by atoms with Gasteiger partial charge >= 0.3 is 0 Å². The van der Waals surface area contributed by atoms with Crippen LogP contribution < -0.4 is 22.9 Å². The first-order chi connectivity index (χ1) is 12.2. The molecule has 150 valence electrons. The van der Waals surface area contributed by atoms with Crippen LogP contribution in [0.5, 0.6) is 0 Å². The molecule has 10 heteroatoms. The SMILES string of the molecule is NC(=O)CCN(CCCCN(CCC(N)=O)CCC(N)=O)CCC(N)=O. The fraction of sp³-hybridized carbons (Fsp3) is 0.750. The Morgan fingerprint density at radius 2 is 0.692 bits per heavy atom. The first kappa shape index (κ1) is 23.8. The molecule has 0 aliphatic carbocycles. The molecule has 8 N–H and O–H groups in total. The summed E-state index contributed by atoms with van der Waals surface area (Å²) >= 11 is 0. The second-order valence-corrected chi connectivity index (χ2v) is 6.26. The van der Waals surface area contributed by atoms with Crippen molar-refractivity contribution >= 4 is 23.6 Å². The highest BCUT2D eigenvalue weighted by Gasteiger charge is 2.11. The summed E-state index contributed by atoms with van der Waals surface area (Å²) in [7, 11) is 0. The normalized spacial score (nSPS) is 11.0. The lowest BCUT2D eigenvalue weighted by atomic mass is 10.2. The maximum atomic E-state index is 10.9. The summed E-state index contributed by atoms with van der Waals surface area (Å²) in [6.07, 6.45) is 2.54. The van der Waals surface area contributed by atoms with Crippen LogP contribution in [0.3, 0.4) is 0 Å². The van der Waals surface area contributed by atoms with E-state index in [1.807, 2.05) is 9.80 Å². The van der Waals surface area contributed by atoms with Gasteiger partial charge in [-0.15, -0.1) is 0 Å². The Morgan fingerprint density at radius 1 is 0.462 bits per heavy atom. The lowest BCUT2D eigenvalue weighted by molar-refractivity contribution is -0.120. The van der Waals surface area contributed by atoms with Gasteiger partial charge in [0.2, 0.25) is 23.6 Å². The van der Waals surface area contributed by atoms with Gasteiger partial charge in [0.1, 0.15) is 0 Å². The van der Waals surface area contributed by atoms with Crippen molar-refractivity contribution in [2.24, 2.45) is 22.9 Å². The van der Waals surface area contributed by atoms with E-state index in [9.17, 15) is 19.2 Å². The number of primary amides is 4. The van der Waals surface area contributed by atoms with E-state index in [1.54, 1.807) is 0 Å². The lowest BCUT2D eigenvalue weighted by Crippen LogP contribution is -2.34. The van der Waals surface area contributed by atoms with E-state index in [1.165, 1.54) is 0 Å². The second kappa shape index (κ2) is 14.0. The van der Waals surface area contributed by atoms with Crippen molar-refractivity contribution in [2.45, 2.75) is 38.5 Å². The molecule has 4 amide bonds. The molecule has 0 aromatic rings. The Bertz CT molecular complexity index is 394. The van der Waals surface area contributed by atoms with Gasteiger partial charge in [0.05, 0.1) is 0 Å². The zero-order chi connectivity index (χ0) is 19.9. The molecule has 0 saturated carbocycles. The average Bonchev–Trinajstić information content (AvgIpc) is 2.54. The topological polar surface area (TPSA) is 179 Å². The molecule has 0 atom stereocenters. The van der Waals surface area contributed by atoms with Crippen molar-refractivity contribution in [3.05, 3.63) is 0 Å². The molecule has 0 unspecified atom stereocenters. The molecule has 10 nitrogen and oxygen atoms in total. The summed E-state index contributed by atoms with van der Waals surface area (Å²) in [5.41, 5.74) is 20.7. The highest BCUT2D eigenvalue weighted by molar-refractivity contribution is 5.75. The highest BCUT2D eigenvalue weighted by atomic mass is 16.2. The third-order valence-electron chi connectivity index (χ3n) is 3.90. The van der Waals surface area contributed by atoms with Crippen LogP contribution in [0.2, 0.25) is 0 Å². The summed E-state index contributed by atoms with van der Waals surface area (Å²) in [5, 5.41) is 0. The van der Waals surface area contributed by atoms with Gasteiger partial charge in [-0.05, 0) is 25.9 Å². The van der Waals surface area contributed by atoms with Gasteiger partial charge in [-0.1, -0.05) is 0 Å². The summed E-state index contributed by atoms with van der Waals surface area (Å²) < 4.78 is 0. The molecule has 0 bridgehead atoms. The third kappa shape index (κ3) is 15.3. The molecule has 0 fully saturated rings. The van der Waals surface area contributed by atoms with E-state index in [0.29, 0.717) is 39.3 Å². The minimum absolute atomic E-state index is 0.224. The summed E-state index contributed by atoms with van der Waals surface area (Å²) in [6.45, 7) is 3.32. The van der Waals surface area contributed by atoms with Crippen molar-refractivity contribution in [1.82, 2.24) is 9.80 Å². The van der Waals surface area contributed by atoms with Crippen LogP contribution >= 0.6 is 0 Å². The monoisotopic (exact) mass is 372 g/mol. The highest BCUT2D eigenvalue weighted by Crippen LogP contribution is 2.03. The molecule has 0 rings (SSSR count). The number of hydrogen-bond donors (Lipinski definition) is 4. The molecule has 0 radical (unpaired) electrons. The van der Waals surface area contributed by atoms with Gasteiger partial charge in [0, 0.05) is 51.9 Å².